The van der Waals surface area contributed by atoms with Crippen molar-refractivity contribution < 1.29 is 28.5 Å². The summed E-state index contributed by atoms with van der Waals surface area (Å²) >= 11 is 1.25. The van der Waals surface area contributed by atoms with Gasteiger partial charge in [-0.3, -0.25) is 9.36 Å². The molecule has 0 saturated carbocycles. The van der Waals surface area contributed by atoms with Gasteiger partial charge in [-0.25, -0.2) is 9.79 Å². The van der Waals surface area contributed by atoms with Crippen LogP contribution in [0.4, 0.5) is 0 Å². The van der Waals surface area contributed by atoms with E-state index in [1.54, 1.807) is 18.2 Å². The fraction of sp³-hybridized carbons (Fsp3) is 0.387. The molecule has 9 nitrogen and oxygen atoms in total. The molecular weight excluding hydrogens is 544 g/mol. The summed E-state index contributed by atoms with van der Waals surface area (Å²) in [5.41, 5.74) is 1.42. The molecule has 218 valence electrons. The van der Waals surface area contributed by atoms with Crippen molar-refractivity contribution in [2.75, 3.05) is 33.5 Å². The van der Waals surface area contributed by atoms with Crippen molar-refractivity contribution in [2.24, 2.45) is 4.99 Å². The molecule has 0 radical (unpaired) electrons. The third-order valence-corrected chi connectivity index (χ3v) is 7.33. The molecule has 41 heavy (non-hydrogen) atoms. The number of nitrogens with zero attached hydrogens (tertiary/aromatic N) is 2. The van der Waals surface area contributed by atoms with Gasteiger partial charge in [0.1, 0.15) is 0 Å². The van der Waals surface area contributed by atoms with Crippen molar-refractivity contribution in [1.29, 1.82) is 0 Å². The molecule has 0 N–H and O–H groups in total. The van der Waals surface area contributed by atoms with Crippen LogP contribution in [0.15, 0.2) is 58.0 Å². The highest BCUT2D eigenvalue weighted by Crippen LogP contribution is 2.35. The van der Waals surface area contributed by atoms with E-state index in [1.165, 1.54) is 29.2 Å². The van der Waals surface area contributed by atoms with E-state index in [0.717, 1.165) is 18.4 Å². The molecule has 2 heterocycles. The van der Waals surface area contributed by atoms with Gasteiger partial charge < -0.3 is 23.7 Å². The van der Waals surface area contributed by atoms with Crippen LogP contribution in [-0.4, -0.2) is 44.1 Å². The lowest BCUT2D eigenvalue weighted by molar-refractivity contribution is -0.136. The van der Waals surface area contributed by atoms with E-state index in [4.69, 9.17) is 23.7 Å². The zero-order chi connectivity index (χ0) is 29.4. The molecule has 0 bridgehead atoms. The summed E-state index contributed by atoms with van der Waals surface area (Å²) in [4.78, 5) is 31.6. The van der Waals surface area contributed by atoms with Gasteiger partial charge in [0.25, 0.3) is 5.56 Å². The zero-order valence-electron chi connectivity index (χ0n) is 24.1. The van der Waals surface area contributed by atoms with Crippen molar-refractivity contribution in [1.82, 2.24) is 4.57 Å². The first-order chi connectivity index (χ1) is 19.9. The Morgan fingerprint density at radius 2 is 1.59 bits per heavy atom. The number of thiazole rings is 1. The van der Waals surface area contributed by atoms with Crippen LogP contribution in [0.2, 0.25) is 0 Å². The molecule has 0 aliphatic carbocycles. The second kappa shape index (κ2) is 14.0. The summed E-state index contributed by atoms with van der Waals surface area (Å²) in [5.74, 6) is 1.83. The van der Waals surface area contributed by atoms with E-state index in [-0.39, 0.29) is 11.1 Å². The Kier molecular flexibility index (Phi) is 10.2. The molecule has 0 fully saturated rings. The third-order valence-electron chi connectivity index (χ3n) is 6.33. The SMILES string of the molecule is CCCCOc1ccc(/C=c2\sc3n(c2=O)[C@@H](c2ccc(OCC)c(OCC)c2)C(C(=O)OC)=CN=3)cc1OCC. The number of ether oxygens (including phenoxy) is 5. The normalized spacial score (nSPS) is 14.5. The van der Waals surface area contributed by atoms with E-state index < -0.39 is 12.0 Å². The molecular formula is C31H36N2O7S. The number of benzene rings is 2. The van der Waals surface area contributed by atoms with Crippen LogP contribution < -0.4 is 33.8 Å². The quantitative estimate of drug-likeness (QED) is 0.218. The molecule has 3 aromatic rings. The van der Waals surface area contributed by atoms with Crippen molar-refractivity contribution in [3.05, 3.63) is 79.0 Å². The monoisotopic (exact) mass is 580 g/mol. The van der Waals surface area contributed by atoms with Gasteiger partial charge in [-0.05, 0) is 68.7 Å². The van der Waals surface area contributed by atoms with Gasteiger partial charge in [0.15, 0.2) is 27.8 Å². The Bertz CT molecular complexity index is 1590. The van der Waals surface area contributed by atoms with Crippen LogP contribution in [0.5, 0.6) is 23.0 Å². The maximum Gasteiger partial charge on any atom is 0.337 e. The lowest BCUT2D eigenvalue weighted by Crippen LogP contribution is -2.39. The number of rotatable bonds is 13. The largest absolute Gasteiger partial charge is 0.490 e. The molecule has 1 aliphatic rings. The Morgan fingerprint density at radius 3 is 2.27 bits per heavy atom. The summed E-state index contributed by atoms with van der Waals surface area (Å²) in [6.07, 6.45) is 5.25. The predicted molar refractivity (Wildman–Crippen MR) is 158 cm³/mol. The minimum atomic E-state index is -0.760. The lowest BCUT2D eigenvalue weighted by Gasteiger charge is -2.23. The second-order valence-electron chi connectivity index (χ2n) is 9.09. The Balaban J connectivity index is 1.82. The van der Waals surface area contributed by atoms with Crippen LogP contribution in [0.3, 0.4) is 0 Å². The van der Waals surface area contributed by atoms with E-state index in [2.05, 4.69) is 11.9 Å². The van der Waals surface area contributed by atoms with Crippen molar-refractivity contribution >= 4 is 23.4 Å². The summed E-state index contributed by atoms with van der Waals surface area (Å²) in [6.45, 7) is 9.79. The minimum Gasteiger partial charge on any atom is -0.490 e. The first-order valence-corrected chi connectivity index (χ1v) is 14.7. The van der Waals surface area contributed by atoms with Crippen LogP contribution >= 0.6 is 11.3 Å². The number of unbranched alkanes of at least 4 members (excludes halogenated alkanes) is 1. The first kappa shape index (κ1) is 29.9. The maximum atomic E-state index is 13.9. The Labute approximate surface area is 243 Å². The summed E-state index contributed by atoms with van der Waals surface area (Å²) in [6, 6.07) is 10.3. The predicted octanol–water partition coefficient (Wildman–Crippen LogP) is 4.39. The number of esters is 1. The number of hydrogen-bond donors (Lipinski definition) is 0. The van der Waals surface area contributed by atoms with Gasteiger partial charge in [0.2, 0.25) is 0 Å². The summed E-state index contributed by atoms with van der Waals surface area (Å²) in [7, 11) is 1.31. The van der Waals surface area contributed by atoms with Crippen LogP contribution in [0.25, 0.3) is 6.08 Å². The van der Waals surface area contributed by atoms with E-state index >= 15 is 0 Å². The number of carbonyl (C=O) groups is 1. The number of fused-ring (bicyclic) bond motifs is 1. The van der Waals surface area contributed by atoms with Gasteiger partial charge in [-0.2, -0.15) is 0 Å². The molecule has 0 saturated heterocycles. The topological polar surface area (TPSA) is 97.6 Å². The standard InChI is InChI=1S/C31H36N2O7S/c1-6-10-15-40-24-13-11-20(16-25(24)38-8-3)17-27-29(34)33-28(22(30(35)36-5)19-32-31(33)41-27)21-12-14-23(37-7-2)26(18-21)39-9-4/h11-14,16-19,28H,6-10,15H2,1-5H3/b27-17-/t28-/m0/s1. The average molecular weight is 581 g/mol. The van der Waals surface area contributed by atoms with Crippen molar-refractivity contribution in [3.8, 4) is 23.0 Å². The fourth-order valence-electron chi connectivity index (χ4n) is 4.47. The number of aromatic nitrogens is 1. The fourth-order valence-corrected chi connectivity index (χ4v) is 5.44. The summed E-state index contributed by atoms with van der Waals surface area (Å²) in [5, 5.41) is 0. The molecule has 0 spiro atoms. The van der Waals surface area contributed by atoms with Crippen LogP contribution in [0, 0.1) is 0 Å². The Morgan fingerprint density at radius 1 is 0.927 bits per heavy atom. The summed E-state index contributed by atoms with van der Waals surface area (Å²) < 4.78 is 30.3. The van der Waals surface area contributed by atoms with E-state index in [1.807, 2.05) is 45.0 Å². The third kappa shape index (κ3) is 6.65. The number of hydrogen-bond acceptors (Lipinski definition) is 9. The van der Waals surface area contributed by atoms with Crippen molar-refractivity contribution in [3.63, 3.8) is 0 Å². The highest BCUT2D eigenvalue weighted by Gasteiger charge is 2.31. The second-order valence-corrected chi connectivity index (χ2v) is 10.1. The lowest BCUT2D eigenvalue weighted by atomic mass is 9.97. The highest BCUT2D eigenvalue weighted by molar-refractivity contribution is 7.07. The first-order valence-electron chi connectivity index (χ1n) is 13.8. The maximum absolute atomic E-state index is 13.9. The van der Waals surface area contributed by atoms with Crippen molar-refractivity contribution in [2.45, 2.75) is 46.6 Å². The van der Waals surface area contributed by atoms with Gasteiger partial charge in [-0.1, -0.05) is 36.8 Å². The molecule has 1 aromatic heterocycles. The molecule has 1 atom stereocenters. The average Bonchev–Trinajstić information content (AvgIpc) is 3.29. The van der Waals surface area contributed by atoms with Crippen LogP contribution in [-0.2, 0) is 9.53 Å². The minimum absolute atomic E-state index is 0.241. The van der Waals surface area contributed by atoms with Gasteiger partial charge in [0.05, 0.1) is 49.7 Å². The molecule has 1 aliphatic heterocycles. The molecule has 2 aromatic carbocycles. The highest BCUT2D eigenvalue weighted by atomic mass is 32.1. The molecule has 4 rings (SSSR count). The molecule has 0 unspecified atom stereocenters. The Hall–Kier alpha value is -4.05. The molecule has 10 heteroatoms. The number of carbonyl (C=O) groups excluding carboxylic acids is 1. The molecule has 0 amide bonds. The van der Waals surface area contributed by atoms with Gasteiger partial charge in [-0.15, -0.1) is 0 Å². The van der Waals surface area contributed by atoms with E-state index in [0.29, 0.717) is 64.3 Å². The van der Waals surface area contributed by atoms with Gasteiger partial charge in [0, 0.05) is 6.20 Å². The zero-order valence-corrected chi connectivity index (χ0v) is 24.9. The number of methoxy groups -OCH3 is 1. The van der Waals surface area contributed by atoms with Gasteiger partial charge >= 0.3 is 5.97 Å². The van der Waals surface area contributed by atoms with Crippen LogP contribution in [0.1, 0.15) is 57.7 Å². The van der Waals surface area contributed by atoms with E-state index in [9.17, 15) is 9.59 Å². The smallest absolute Gasteiger partial charge is 0.337 e.